The maximum Gasteiger partial charge on any atom is 0.338 e. The van der Waals surface area contributed by atoms with Gasteiger partial charge in [-0.25, -0.2) is 4.79 Å². The first-order valence-electron chi connectivity index (χ1n) is 9.81. The van der Waals surface area contributed by atoms with Gasteiger partial charge in [-0.05, 0) is 49.4 Å². The van der Waals surface area contributed by atoms with Crippen LogP contribution in [0.5, 0.6) is 11.5 Å². The third-order valence-corrected chi connectivity index (χ3v) is 4.56. The molecular formula is C22H26N2O6. The van der Waals surface area contributed by atoms with Crippen molar-refractivity contribution in [3.63, 3.8) is 0 Å². The Bertz CT molecular complexity index is 862. The number of morpholine rings is 1. The number of rotatable bonds is 8. The Kier molecular flexibility index (Phi) is 7.51. The van der Waals surface area contributed by atoms with Crippen LogP contribution >= 0.6 is 0 Å². The predicted molar refractivity (Wildman–Crippen MR) is 113 cm³/mol. The largest absolute Gasteiger partial charge is 0.493 e. The van der Waals surface area contributed by atoms with E-state index in [0.29, 0.717) is 37.0 Å². The van der Waals surface area contributed by atoms with Crippen molar-refractivity contribution < 1.29 is 28.5 Å². The van der Waals surface area contributed by atoms with Gasteiger partial charge in [0.05, 0.1) is 32.5 Å². The Morgan fingerprint density at radius 2 is 1.80 bits per heavy atom. The van der Waals surface area contributed by atoms with Crippen LogP contribution in [0.3, 0.4) is 0 Å². The minimum Gasteiger partial charge on any atom is -0.493 e. The van der Waals surface area contributed by atoms with E-state index in [0.717, 1.165) is 18.8 Å². The monoisotopic (exact) mass is 414 g/mol. The number of carbonyl (C=O) groups is 2. The number of hydrogen-bond acceptors (Lipinski definition) is 7. The molecule has 30 heavy (non-hydrogen) atoms. The second kappa shape index (κ2) is 10.5. The van der Waals surface area contributed by atoms with E-state index < -0.39 is 11.9 Å². The topological polar surface area (TPSA) is 86.3 Å². The van der Waals surface area contributed by atoms with Crippen molar-refractivity contribution in [1.82, 2.24) is 0 Å². The lowest BCUT2D eigenvalue weighted by Crippen LogP contribution is -2.36. The Hall–Kier alpha value is -3.26. The molecule has 3 rings (SSSR count). The number of anilines is 2. The highest BCUT2D eigenvalue weighted by Crippen LogP contribution is 2.28. The van der Waals surface area contributed by atoms with Crippen molar-refractivity contribution in [3.05, 3.63) is 48.0 Å². The molecule has 1 fully saturated rings. The number of nitrogens with zero attached hydrogens (tertiary/aromatic N) is 1. The number of carbonyl (C=O) groups excluding carboxylic acids is 2. The van der Waals surface area contributed by atoms with Gasteiger partial charge < -0.3 is 29.2 Å². The van der Waals surface area contributed by atoms with Gasteiger partial charge >= 0.3 is 5.97 Å². The van der Waals surface area contributed by atoms with Crippen molar-refractivity contribution >= 4 is 23.3 Å². The first-order valence-corrected chi connectivity index (χ1v) is 9.81. The Morgan fingerprint density at radius 1 is 1.07 bits per heavy atom. The summed E-state index contributed by atoms with van der Waals surface area (Å²) in [6, 6.07) is 12.3. The van der Waals surface area contributed by atoms with E-state index in [-0.39, 0.29) is 12.2 Å². The first kappa shape index (κ1) is 21.4. The van der Waals surface area contributed by atoms with Gasteiger partial charge in [0.25, 0.3) is 5.91 Å². The van der Waals surface area contributed by atoms with E-state index in [4.69, 9.17) is 18.9 Å². The van der Waals surface area contributed by atoms with Crippen LogP contribution in [0, 0.1) is 0 Å². The van der Waals surface area contributed by atoms with Crippen LogP contribution in [-0.4, -0.2) is 58.5 Å². The van der Waals surface area contributed by atoms with Crippen LogP contribution in [0.15, 0.2) is 42.5 Å². The van der Waals surface area contributed by atoms with Crippen LogP contribution in [0.2, 0.25) is 0 Å². The fourth-order valence-corrected chi connectivity index (χ4v) is 3.06. The molecule has 0 saturated carbocycles. The summed E-state index contributed by atoms with van der Waals surface area (Å²) >= 11 is 0. The zero-order chi connectivity index (χ0) is 21.3. The molecular weight excluding hydrogens is 388 g/mol. The average molecular weight is 414 g/mol. The lowest BCUT2D eigenvalue weighted by atomic mass is 10.2. The highest BCUT2D eigenvalue weighted by molar-refractivity contribution is 5.95. The second-order valence-electron chi connectivity index (χ2n) is 6.57. The Balaban J connectivity index is 1.51. The number of esters is 1. The van der Waals surface area contributed by atoms with Gasteiger partial charge in [0.1, 0.15) is 0 Å². The van der Waals surface area contributed by atoms with E-state index >= 15 is 0 Å². The van der Waals surface area contributed by atoms with Crippen LogP contribution < -0.4 is 19.7 Å². The highest BCUT2D eigenvalue weighted by atomic mass is 16.5. The summed E-state index contributed by atoms with van der Waals surface area (Å²) in [7, 11) is 1.49. The molecule has 0 aliphatic carbocycles. The highest BCUT2D eigenvalue weighted by Gasteiger charge is 2.15. The molecule has 0 radical (unpaired) electrons. The van der Waals surface area contributed by atoms with Crippen molar-refractivity contribution in [2.24, 2.45) is 0 Å². The maximum absolute atomic E-state index is 12.2. The fourth-order valence-electron chi connectivity index (χ4n) is 3.06. The standard InChI is InChI=1S/C22H26N2O6/c1-3-29-19-9-4-16(14-20(19)27-2)22(26)30-15-21(25)23-17-5-7-18(8-6-17)24-10-12-28-13-11-24/h4-9,14H,3,10-13,15H2,1-2H3,(H,23,25). The molecule has 1 aliphatic rings. The van der Waals surface area contributed by atoms with Crippen molar-refractivity contribution in [1.29, 1.82) is 0 Å². The van der Waals surface area contributed by atoms with Crippen LogP contribution in [0.25, 0.3) is 0 Å². The van der Waals surface area contributed by atoms with Gasteiger partial charge in [0, 0.05) is 24.5 Å². The maximum atomic E-state index is 12.2. The van der Waals surface area contributed by atoms with Crippen LogP contribution in [0.1, 0.15) is 17.3 Å². The minimum atomic E-state index is -0.617. The smallest absolute Gasteiger partial charge is 0.338 e. The van der Waals surface area contributed by atoms with Crippen LogP contribution in [0.4, 0.5) is 11.4 Å². The molecule has 160 valence electrons. The predicted octanol–water partition coefficient (Wildman–Crippen LogP) is 2.73. The van der Waals surface area contributed by atoms with Gasteiger partial charge in [-0.3, -0.25) is 4.79 Å². The van der Waals surface area contributed by atoms with E-state index in [9.17, 15) is 9.59 Å². The number of ether oxygens (including phenoxy) is 4. The third kappa shape index (κ3) is 5.64. The molecule has 0 bridgehead atoms. The van der Waals surface area contributed by atoms with Gasteiger partial charge in [-0.15, -0.1) is 0 Å². The van der Waals surface area contributed by atoms with Gasteiger partial charge in [0.2, 0.25) is 0 Å². The molecule has 1 N–H and O–H groups in total. The number of hydrogen-bond donors (Lipinski definition) is 1. The van der Waals surface area contributed by atoms with Gasteiger partial charge in [-0.2, -0.15) is 0 Å². The molecule has 1 heterocycles. The van der Waals surface area contributed by atoms with E-state index in [1.807, 2.05) is 31.2 Å². The normalized spacial score (nSPS) is 13.5. The number of amides is 1. The second-order valence-corrected chi connectivity index (χ2v) is 6.57. The van der Waals surface area contributed by atoms with Crippen LogP contribution in [-0.2, 0) is 14.3 Å². The molecule has 1 amide bonds. The van der Waals surface area contributed by atoms with E-state index in [1.54, 1.807) is 12.1 Å². The SMILES string of the molecule is CCOc1ccc(C(=O)OCC(=O)Nc2ccc(N3CCOCC3)cc2)cc1OC. The zero-order valence-electron chi connectivity index (χ0n) is 17.2. The molecule has 0 unspecified atom stereocenters. The van der Waals surface area contributed by atoms with Crippen molar-refractivity contribution in [3.8, 4) is 11.5 Å². The molecule has 1 aliphatic heterocycles. The summed E-state index contributed by atoms with van der Waals surface area (Å²) in [6.45, 7) is 5.06. The number of methoxy groups -OCH3 is 1. The Morgan fingerprint density at radius 3 is 2.47 bits per heavy atom. The fraction of sp³-hybridized carbons (Fsp3) is 0.364. The number of benzene rings is 2. The molecule has 8 heteroatoms. The summed E-state index contributed by atoms with van der Waals surface area (Å²) in [4.78, 5) is 26.6. The van der Waals surface area contributed by atoms with E-state index in [1.165, 1.54) is 13.2 Å². The van der Waals surface area contributed by atoms with E-state index in [2.05, 4.69) is 10.2 Å². The average Bonchev–Trinajstić information content (AvgIpc) is 2.79. The molecule has 2 aromatic carbocycles. The molecule has 0 atom stereocenters. The molecule has 1 saturated heterocycles. The summed E-state index contributed by atoms with van der Waals surface area (Å²) in [5.41, 5.74) is 1.99. The third-order valence-electron chi connectivity index (χ3n) is 4.56. The van der Waals surface area contributed by atoms with Gasteiger partial charge in [0.15, 0.2) is 18.1 Å². The molecule has 2 aromatic rings. The van der Waals surface area contributed by atoms with Crippen molar-refractivity contribution in [2.45, 2.75) is 6.92 Å². The quantitative estimate of drug-likeness (QED) is 0.665. The summed E-state index contributed by atoms with van der Waals surface area (Å²) in [6.07, 6.45) is 0. The molecule has 0 spiro atoms. The summed E-state index contributed by atoms with van der Waals surface area (Å²) < 4.78 is 21.1. The lowest BCUT2D eigenvalue weighted by Gasteiger charge is -2.28. The Labute approximate surface area is 175 Å². The lowest BCUT2D eigenvalue weighted by molar-refractivity contribution is -0.119. The zero-order valence-corrected chi connectivity index (χ0v) is 17.2. The molecule has 8 nitrogen and oxygen atoms in total. The molecule has 0 aromatic heterocycles. The number of nitrogens with one attached hydrogen (secondary N) is 1. The first-order chi connectivity index (χ1) is 14.6. The summed E-state index contributed by atoms with van der Waals surface area (Å²) in [5.74, 6) is -0.0690. The van der Waals surface area contributed by atoms with Crippen molar-refractivity contribution in [2.75, 3.05) is 56.8 Å². The minimum absolute atomic E-state index is 0.276. The van der Waals surface area contributed by atoms with Gasteiger partial charge in [-0.1, -0.05) is 0 Å². The summed E-state index contributed by atoms with van der Waals surface area (Å²) in [5, 5.41) is 2.72.